The van der Waals surface area contributed by atoms with Gasteiger partial charge in [0.2, 0.25) is 0 Å². The number of fused-ring (bicyclic) bond motifs is 5. The summed E-state index contributed by atoms with van der Waals surface area (Å²) in [5.74, 6) is -3.22. The van der Waals surface area contributed by atoms with E-state index in [2.05, 4.69) is 17.6 Å². The average Bonchev–Trinajstić information content (AvgIpc) is 1.27. The van der Waals surface area contributed by atoms with Crippen LogP contribution in [0, 0.1) is 69.5 Å². The van der Waals surface area contributed by atoms with Gasteiger partial charge in [-0.25, -0.2) is 0 Å². The van der Waals surface area contributed by atoms with Crippen LogP contribution in [0.15, 0.2) is 46.8 Å². The minimum absolute atomic E-state index is 0.00528. The van der Waals surface area contributed by atoms with Crippen molar-refractivity contribution in [3.05, 3.63) is 46.8 Å². The number of aliphatic hydroxyl groups is 9. The molecule has 2 aliphatic heterocycles. The van der Waals surface area contributed by atoms with Gasteiger partial charge in [-0.1, -0.05) is 76.5 Å². The predicted octanol–water partition coefficient (Wildman–Crippen LogP) is 7.57. The zero-order chi connectivity index (χ0) is 59.2. The summed E-state index contributed by atoms with van der Waals surface area (Å²) in [5.41, 5.74) is -0.887. The van der Waals surface area contributed by atoms with E-state index in [1.807, 2.05) is 24.3 Å². The van der Waals surface area contributed by atoms with Gasteiger partial charge >= 0.3 is 0 Å². The predicted molar refractivity (Wildman–Crippen MR) is 320 cm³/mol. The minimum Gasteiger partial charge on any atom is -0.396 e. The molecule has 10 aliphatic carbocycles. The summed E-state index contributed by atoms with van der Waals surface area (Å²) in [7, 11) is 0. The van der Waals surface area contributed by atoms with E-state index in [1.54, 1.807) is 13.8 Å². The number of hydrogen-bond acceptors (Lipinski definition) is 15. The van der Waals surface area contributed by atoms with Crippen LogP contribution in [0.4, 0.5) is 0 Å². The number of Topliss-reactive ketones (excluding diaryl/α,β-unsaturated/α-hetero) is 1. The molecule has 2 heterocycles. The first-order valence-electron chi connectivity index (χ1n) is 34.3. The molecule has 0 aromatic rings. The van der Waals surface area contributed by atoms with Gasteiger partial charge in [0.25, 0.3) is 0 Å². The minimum atomic E-state index is -1.96. The Hall–Kier alpha value is -2.25. The van der Waals surface area contributed by atoms with E-state index >= 15 is 9.90 Å². The van der Waals surface area contributed by atoms with Crippen molar-refractivity contribution in [3.63, 3.8) is 0 Å². The second-order valence-corrected chi connectivity index (χ2v) is 30.8. The Morgan fingerprint density at radius 3 is 2.33 bits per heavy atom. The number of hydrogen-bond donors (Lipinski definition) is 12. The topological polar surface area (TPSA) is 268 Å². The van der Waals surface area contributed by atoms with Gasteiger partial charge in [-0.3, -0.25) is 4.79 Å². The molecule has 84 heavy (non-hydrogen) atoms. The van der Waals surface area contributed by atoms with Crippen molar-refractivity contribution >= 4 is 5.78 Å². The Morgan fingerprint density at radius 1 is 0.857 bits per heavy atom. The molecule has 0 bridgehead atoms. The van der Waals surface area contributed by atoms with E-state index in [4.69, 9.17) is 15.2 Å². The fraction of sp³-hybridized carbons (Fsp3) is 0.870. The van der Waals surface area contributed by atoms with Crippen molar-refractivity contribution in [1.82, 2.24) is 10.6 Å². The molecule has 12 aliphatic rings. The normalized spacial score (nSPS) is 47.3. The van der Waals surface area contributed by atoms with Crippen LogP contribution in [0.2, 0.25) is 0 Å². The summed E-state index contributed by atoms with van der Waals surface area (Å²) in [6.45, 7) is 6.28. The summed E-state index contributed by atoms with van der Waals surface area (Å²) in [5, 5.41) is 123. The van der Waals surface area contributed by atoms with Gasteiger partial charge in [-0.2, -0.15) is 0 Å². The highest BCUT2D eigenvalue weighted by Gasteiger charge is 2.80. The van der Waals surface area contributed by atoms with E-state index < -0.39 is 99.5 Å². The molecule has 0 radical (unpaired) electrons. The number of nitrogens with one attached hydrogen (secondary N) is 2. The van der Waals surface area contributed by atoms with Crippen LogP contribution in [0.25, 0.3) is 0 Å². The number of rotatable bonds is 16. The summed E-state index contributed by atoms with van der Waals surface area (Å²) < 4.78 is 14.0. The molecule has 472 valence electrons. The molecule has 15 nitrogen and oxygen atoms in total. The Bertz CT molecular complexity index is 2500. The van der Waals surface area contributed by atoms with Gasteiger partial charge in [-0.15, -0.1) is 0 Å². The standard InChI is InChI=1S/C69H109N3O12/c1-4-10-42-16-20-48-54(22-17-42)84-62-57(48)51(75)13-8-30-69(62,82)63(3,79)55-25-32-68(81)58-59(71-39-41(2)74)60(78)49-35-52(76)53(77)38-65(49)36-44(47-21-23-56(70)72-50(47)12-9-33-73)24-31-66(80,61(58)65)40-67(55,68)45-18-14-43(15-19-45)26-34-83-46-11-7-29-64(37-46)27-5-6-28-64/h21,23-24,31,41-46,48-49,51-57,61-62,71-77,79-82H,4-20,22,25-30,32-40,70H2,1-3H3/t41-,42+,43?,44-,45?,46+,48+,49-,51+,52+,53-,54+,55+,56?,57+,61-,62+,63+,65-,66+,67-,68+,69+/m0/s1. The lowest BCUT2D eigenvalue weighted by molar-refractivity contribution is -0.276. The van der Waals surface area contributed by atoms with Gasteiger partial charge < -0.3 is 71.8 Å². The van der Waals surface area contributed by atoms with Gasteiger partial charge in [0.05, 0.1) is 71.4 Å². The molecule has 13 N–H and O–H groups in total. The quantitative estimate of drug-likeness (QED) is 0.0665. The lowest BCUT2D eigenvalue weighted by Gasteiger charge is -2.69. The van der Waals surface area contributed by atoms with Gasteiger partial charge in [0.15, 0.2) is 5.78 Å². The third-order valence-corrected chi connectivity index (χ3v) is 26.2. The van der Waals surface area contributed by atoms with E-state index in [0.717, 1.165) is 81.9 Å². The first kappa shape index (κ1) is 62.0. The summed E-state index contributed by atoms with van der Waals surface area (Å²) in [6.07, 6.45) is 25.3. The monoisotopic (exact) mass is 1170 g/mol. The van der Waals surface area contributed by atoms with Crippen LogP contribution in [-0.4, -0.2) is 143 Å². The van der Waals surface area contributed by atoms with Crippen LogP contribution in [0.1, 0.15) is 213 Å². The van der Waals surface area contributed by atoms with Crippen molar-refractivity contribution in [2.45, 2.75) is 285 Å². The molecule has 1 saturated heterocycles. The molecule has 15 heteroatoms. The molecule has 1 unspecified atom stereocenters. The van der Waals surface area contributed by atoms with E-state index in [9.17, 15) is 40.9 Å². The van der Waals surface area contributed by atoms with Gasteiger partial charge in [0.1, 0.15) is 5.60 Å². The Labute approximate surface area is 501 Å². The number of carbonyl (C=O) groups is 1. The van der Waals surface area contributed by atoms with Gasteiger partial charge in [0, 0.05) is 54.5 Å². The van der Waals surface area contributed by atoms with Crippen molar-refractivity contribution in [2.75, 3.05) is 19.8 Å². The molecule has 9 fully saturated rings. The van der Waals surface area contributed by atoms with Crippen molar-refractivity contribution < 1.29 is 60.2 Å². The van der Waals surface area contributed by atoms with Gasteiger partial charge in [-0.05, 0) is 213 Å². The van der Waals surface area contributed by atoms with Crippen LogP contribution in [-0.2, 0) is 14.3 Å². The Morgan fingerprint density at radius 2 is 1.58 bits per heavy atom. The maximum Gasteiger partial charge on any atom is 0.182 e. The van der Waals surface area contributed by atoms with Crippen molar-refractivity contribution in [1.29, 1.82) is 0 Å². The third kappa shape index (κ3) is 10.3. The molecule has 12 rings (SSSR count). The number of ketones is 1. The van der Waals surface area contributed by atoms with Crippen LogP contribution >= 0.6 is 0 Å². The third-order valence-electron chi connectivity index (χ3n) is 26.2. The van der Waals surface area contributed by atoms with Crippen molar-refractivity contribution in [2.24, 2.45) is 75.2 Å². The van der Waals surface area contributed by atoms with E-state index in [1.165, 1.54) is 38.5 Å². The number of dihydropyridines is 1. The number of nitrogens with two attached hydrogens (primary N) is 1. The molecular weight excluding hydrogens is 1060 g/mol. The molecular formula is C69H109N3O12. The van der Waals surface area contributed by atoms with Crippen LogP contribution in [0.3, 0.4) is 0 Å². The first-order valence-corrected chi connectivity index (χ1v) is 34.3. The second-order valence-electron chi connectivity index (χ2n) is 30.8. The van der Waals surface area contributed by atoms with Crippen molar-refractivity contribution in [3.8, 4) is 0 Å². The molecule has 21 atom stereocenters. The molecule has 0 aromatic carbocycles. The molecule has 0 amide bonds. The van der Waals surface area contributed by atoms with E-state index in [-0.39, 0.29) is 87.5 Å². The summed E-state index contributed by atoms with van der Waals surface area (Å²) in [6, 6.07) is 0. The first-order chi connectivity index (χ1) is 40.2. The Balaban J connectivity index is 0.986. The maximum absolute atomic E-state index is 16.2. The number of aliphatic hydroxyl groups excluding tert-OH is 5. The average molecular weight is 1170 g/mol. The highest BCUT2D eigenvalue weighted by atomic mass is 16.5. The summed E-state index contributed by atoms with van der Waals surface area (Å²) >= 11 is 0. The fourth-order valence-corrected chi connectivity index (χ4v) is 22.5. The zero-order valence-corrected chi connectivity index (χ0v) is 51.3. The van der Waals surface area contributed by atoms with Crippen LogP contribution in [0.5, 0.6) is 0 Å². The second kappa shape index (κ2) is 23.8. The smallest absolute Gasteiger partial charge is 0.182 e. The fourth-order valence-electron chi connectivity index (χ4n) is 22.5. The summed E-state index contributed by atoms with van der Waals surface area (Å²) in [4.78, 5) is 16.2. The molecule has 2 spiro atoms. The SMILES string of the molecule is CCC[C@@H]1CC[C@H]2[C@@H]3[C@H](O)CCC[C@](O)([C@](C)(O)[C@H]4CC[C@@]5(O)C6=C(NC[C@H](C)O)C(=O)[C@@H]7C[C@@H](O)[C@@H](O)C[C@@]78C[C@@H](C7=C(CCCO)NC(N)C=C7)C=C[C@@](O)(C[C@]45C4CCC(CCO[C@@H]5CCCC7(CCCC7)C5)CC4)[C@@H]68)[C@@H]3O[C@@H]2CC1. The largest absolute Gasteiger partial charge is 0.396 e. The highest BCUT2D eigenvalue weighted by Crippen LogP contribution is 2.77. The zero-order valence-electron chi connectivity index (χ0n) is 51.3. The molecule has 0 aromatic heterocycles. The number of carbonyl (C=O) groups excluding carboxylic acids is 1. The highest BCUT2D eigenvalue weighted by molar-refractivity contribution is 6.00. The van der Waals surface area contributed by atoms with E-state index in [0.29, 0.717) is 74.1 Å². The Kier molecular flexibility index (Phi) is 17.6. The lowest BCUT2D eigenvalue weighted by Crippen LogP contribution is -2.74. The van der Waals surface area contributed by atoms with Crippen LogP contribution < -0.4 is 16.4 Å². The number of ether oxygens (including phenoxy) is 2. The number of allylic oxidation sites excluding steroid dienone is 5. The molecule has 8 saturated carbocycles. The maximum atomic E-state index is 16.2. The lowest BCUT2D eigenvalue weighted by atomic mass is 9.37.